The van der Waals surface area contributed by atoms with E-state index in [1.165, 1.54) is 11.3 Å². The highest BCUT2D eigenvalue weighted by Gasteiger charge is 2.05. The topological polar surface area (TPSA) is 99.6 Å². The second-order valence-electron chi connectivity index (χ2n) is 3.54. The van der Waals surface area contributed by atoms with Crippen molar-refractivity contribution in [3.8, 4) is 11.5 Å². The van der Waals surface area contributed by atoms with E-state index in [2.05, 4.69) is 25.7 Å². The quantitative estimate of drug-likeness (QED) is 0.641. The van der Waals surface area contributed by atoms with Crippen LogP contribution in [0.25, 0.3) is 11.5 Å². The number of H-pyrrole nitrogens is 2. The number of anilines is 2. The summed E-state index contributed by atoms with van der Waals surface area (Å²) in [4.78, 5) is 10.9. The molecular formula is C10H7N5O2S2. The molecular weight excluding hydrogens is 286 g/mol. The largest absolute Gasteiger partial charge is 0.434 e. The third kappa shape index (κ3) is 2.61. The summed E-state index contributed by atoms with van der Waals surface area (Å²) in [6.45, 7) is 0. The molecule has 3 aromatic rings. The lowest BCUT2D eigenvalue weighted by atomic mass is 10.2. The zero-order valence-corrected chi connectivity index (χ0v) is 11.0. The Hall–Kier alpha value is -2.26. The first-order valence-corrected chi connectivity index (χ1v) is 6.42. The number of aromatic nitrogens is 4. The van der Waals surface area contributed by atoms with Gasteiger partial charge in [0.2, 0.25) is 11.0 Å². The van der Waals surface area contributed by atoms with E-state index in [0.29, 0.717) is 14.6 Å². The van der Waals surface area contributed by atoms with Gasteiger partial charge in [-0.25, -0.2) is 9.89 Å². The highest BCUT2D eigenvalue weighted by atomic mass is 32.1. The Balaban J connectivity index is 1.82. The van der Waals surface area contributed by atoms with Crippen LogP contribution in [0.2, 0.25) is 0 Å². The van der Waals surface area contributed by atoms with E-state index in [-0.39, 0.29) is 5.89 Å². The SMILES string of the molecule is O=c1[nH]nc(-c2ccc(Nc3n[nH]c(=S)s3)cc2)o1. The van der Waals surface area contributed by atoms with Crippen molar-refractivity contribution < 1.29 is 4.42 Å². The van der Waals surface area contributed by atoms with Crippen LogP contribution in [0, 0.1) is 3.95 Å². The van der Waals surface area contributed by atoms with Crippen molar-refractivity contribution in [3.63, 3.8) is 0 Å². The zero-order chi connectivity index (χ0) is 13.2. The van der Waals surface area contributed by atoms with Crippen LogP contribution in [-0.4, -0.2) is 20.4 Å². The van der Waals surface area contributed by atoms with Crippen molar-refractivity contribution in [1.29, 1.82) is 0 Å². The molecule has 0 bridgehead atoms. The molecule has 2 heterocycles. The summed E-state index contributed by atoms with van der Waals surface area (Å²) in [5, 5.41) is 16.4. The second-order valence-corrected chi connectivity index (χ2v) is 5.20. The predicted octanol–water partition coefficient (Wildman–Crippen LogP) is 2.29. The van der Waals surface area contributed by atoms with Gasteiger partial charge in [0.15, 0.2) is 3.95 Å². The maximum Gasteiger partial charge on any atom is 0.434 e. The molecule has 96 valence electrons. The summed E-state index contributed by atoms with van der Waals surface area (Å²) in [6, 6.07) is 7.23. The number of rotatable bonds is 3. The molecule has 0 fully saturated rings. The molecule has 19 heavy (non-hydrogen) atoms. The maximum absolute atomic E-state index is 10.9. The molecule has 0 aliphatic heterocycles. The third-order valence-electron chi connectivity index (χ3n) is 2.26. The average molecular weight is 293 g/mol. The lowest BCUT2D eigenvalue weighted by molar-refractivity contribution is 0.527. The molecule has 0 spiro atoms. The fourth-order valence-electron chi connectivity index (χ4n) is 1.46. The van der Waals surface area contributed by atoms with Crippen LogP contribution in [0.4, 0.5) is 10.8 Å². The molecule has 0 atom stereocenters. The molecule has 3 N–H and O–H groups in total. The van der Waals surface area contributed by atoms with Gasteiger partial charge in [0.1, 0.15) is 0 Å². The van der Waals surface area contributed by atoms with Crippen molar-refractivity contribution in [1.82, 2.24) is 20.4 Å². The van der Waals surface area contributed by atoms with E-state index < -0.39 is 5.76 Å². The van der Waals surface area contributed by atoms with Crippen molar-refractivity contribution in [3.05, 3.63) is 38.8 Å². The minimum absolute atomic E-state index is 0.256. The van der Waals surface area contributed by atoms with Crippen LogP contribution in [0.3, 0.4) is 0 Å². The summed E-state index contributed by atoms with van der Waals surface area (Å²) in [5.74, 6) is -0.319. The van der Waals surface area contributed by atoms with Crippen molar-refractivity contribution in [2.45, 2.75) is 0 Å². The van der Waals surface area contributed by atoms with Gasteiger partial charge in [-0.3, -0.25) is 5.10 Å². The molecule has 3 rings (SSSR count). The monoisotopic (exact) mass is 293 g/mol. The fourth-order valence-corrected chi connectivity index (χ4v) is 2.27. The van der Waals surface area contributed by atoms with Gasteiger partial charge in [-0.15, -0.1) is 10.2 Å². The van der Waals surface area contributed by atoms with Gasteiger partial charge in [-0.1, -0.05) is 11.3 Å². The Morgan fingerprint density at radius 1 is 1.21 bits per heavy atom. The summed E-state index contributed by atoms with van der Waals surface area (Å²) in [7, 11) is 0. The van der Waals surface area contributed by atoms with Gasteiger partial charge < -0.3 is 9.73 Å². The highest BCUT2D eigenvalue weighted by Crippen LogP contribution is 2.22. The van der Waals surface area contributed by atoms with E-state index in [1.54, 1.807) is 12.1 Å². The molecule has 0 amide bonds. The number of nitrogens with one attached hydrogen (secondary N) is 3. The highest BCUT2D eigenvalue weighted by molar-refractivity contribution is 7.73. The Labute approximate surface area is 115 Å². The molecule has 2 aromatic heterocycles. The van der Waals surface area contributed by atoms with E-state index in [9.17, 15) is 4.79 Å². The number of nitrogens with zero attached hydrogens (tertiary/aromatic N) is 2. The third-order valence-corrected chi connectivity index (χ3v) is 3.26. The first kappa shape index (κ1) is 11.8. The Morgan fingerprint density at radius 3 is 2.58 bits per heavy atom. The van der Waals surface area contributed by atoms with Gasteiger partial charge in [-0.05, 0) is 36.5 Å². The normalized spacial score (nSPS) is 10.5. The Kier molecular flexibility index (Phi) is 2.97. The minimum Gasteiger partial charge on any atom is -0.388 e. The van der Waals surface area contributed by atoms with E-state index in [0.717, 1.165) is 5.69 Å². The number of benzene rings is 1. The van der Waals surface area contributed by atoms with Gasteiger partial charge in [0, 0.05) is 11.3 Å². The number of hydrogen-bond donors (Lipinski definition) is 3. The van der Waals surface area contributed by atoms with Gasteiger partial charge in [0.25, 0.3) is 0 Å². The fraction of sp³-hybridized carbons (Fsp3) is 0. The van der Waals surface area contributed by atoms with Crippen LogP contribution >= 0.6 is 23.6 Å². The summed E-state index contributed by atoms with van der Waals surface area (Å²) in [5.41, 5.74) is 1.55. The standard InChI is InChI=1S/C10H7N5O2S2/c16-9-14-12-7(17-9)5-1-3-6(4-2-5)11-8-13-15-10(18)19-8/h1-4H,(H,11,13)(H,14,16)(H,15,18). The van der Waals surface area contributed by atoms with E-state index >= 15 is 0 Å². The lowest BCUT2D eigenvalue weighted by Crippen LogP contribution is -1.93. The number of aromatic amines is 2. The molecule has 0 unspecified atom stereocenters. The Bertz CT molecular complexity index is 798. The van der Waals surface area contributed by atoms with E-state index in [4.69, 9.17) is 16.6 Å². The summed E-state index contributed by atoms with van der Waals surface area (Å²) in [6.07, 6.45) is 0. The predicted molar refractivity (Wildman–Crippen MR) is 73.1 cm³/mol. The van der Waals surface area contributed by atoms with Crippen molar-refractivity contribution >= 4 is 34.4 Å². The van der Waals surface area contributed by atoms with Crippen LogP contribution < -0.4 is 11.1 Å². The average Bonchev–Trinajstić information content (AvgIpc) is 3.00. The van der Waals surface area contributed by atoms with Crippen molar-refractivity contribution in [2.75, 3.05) is 5.32 Å². The second kappa shape index (κ2) is 4.78. The lowest BCUT2D eigenvalue weighted by Gasteiger charge is -2.01. The molecule has 0 radical (unpaired) electrons. The van der Waals surface area contributed by atoms with Crippen LogP contribution in [-0.2, 0) is 0 Å². The minimum atomic E-state index is -0.575. The van der Waals surface area contributed by atoms with Crippen LogP contribution in [0.15, 0.2) is 33.5 Å². The van der Waals surface area contributed by atoms with E-state index in [1.807, 2.05) is 12.1 Å². The molecule has 0 aliphatic carbocycles. The smallest absolute Gasteiger partial charge is 0.388 e. The first-order chi connectivity index (χ1) is 9.20. The molecule has 0 aliphatic rings. The van der Waals surface area contributed by atoms with Crippen molar-refractivity contribution in [2.24, 2.45) is 0 Å². The number of hydrogen-bond acceptors (Lipinski definition) is 7. The van der Waals surface area contributed by atoms with Crippen LogP contribution in [0.5, 0.6) is 0 Å². The summed E-state index contributed by atoms with van der Waals surface area (Å²) < 4.78 is 5.47. The molecule has 7 nitrogen and oxygen atoms in total. The molecule has 0 saturated carbocycles. The van der Waals surface area contributed by atoms with Gasteiger partial charge >= 0.3 is 5.76 Å². The first-order valence-electron chi connectivity index (χ1n) is 5.19. The zero-order valence-electron chi connectivity index (χ0n) is 9.34. The summed E-state index contributed by atoms with van der Waals surface area (Å²) >= 11 is 6.29. The maximum atomic E-state index is 10.9. The van der Waals surface area contributed by atoms with Gasteiger partial charge in [0.05, 0.1) is 0 Å². The molecule has 0 saturated heterocycles. The van der Waals surface area contributed by atoms with Crippen LogP contribution in [0.1, 0.15) is 0 Å². The molecule has 9 heteroatoms. The van der Waals surface area contributed by atoms with Gasteiger partial charge in [-0.2, -0.15) is 0 Å². The Morgan fingerprint density at radius 2 is 2.00 bits per heavy atom. The molecule has 1 aromatic carbocycles.